The van der Waals surface area contributed by atoms with Gasteiger partial charge in [-0.1, -0.05) is 6.92 Å². The number of carbonyl (C=O) groups is 2. The highest BCUT2D eigenvalue weighted by Crippen LogP contribution is 2.17. The lowest BCUT2D eigenvalue weighted by Crippen LogP contribution is -2.47. The van der Waals surface area contributed by atoms with Crippen LogP contribution in [-0.4, -0.2) is 44.2 Å². The minimum absolute atomic E-state index is 0. The molecule has 0 radical (unpaired) electrons. The van der Waals surface area contributed by atoms with Crippen LogP contribution in [0.25, 0.3) is 0 Å². The van der Waals surface area contributed by atoms with Crippen molar-refractivity contribution in [3.05, 3.63) is 0 Å². The second-order valence-electron chi connectivity index (χ2n) is 4.87. The van der Waals surface area contributed by atoms with Crippen LogP contribution < -0.4 is 16.4 Å². The smallest absolute Gasteiger partial charge is 0.237 e. The number of hydrogen-bond donors (Lipinski definition) is 3. The Balaban J connectivity index is 0.00000361. The van der Waals surface area contributed by atoms with E-state index >= 15 is 0 Å². The molecule has 1 saturated heterocycles. The first-order valence-electron chi connectivity index (χ1n) is 7.03. The molecular weight excluding hydrogens is 282 g/mol. The first-order valence-corrected chi connectivity index (χ1v) is 7.03. The molecule has 20 heavy (non-hydrogen) atoms. The van der Waals surface area contributed by atoms with Crippen LogP contribution >= 0.6 is 12.4 Å². The van der Waals surface area contributed by atoms with Crippen LogP contribution in [0.15, 0.2) is 0 Å². The largest absolute Gasteiger partial charge is 0.381 e. The van der Waals surface area contributed by atoms with E-state index in [4.69, 9.17) is 10.5 Å². The number of nitrogens with two attached hydrogens (primary N) is 1. The molecule has 118 valence electrons. The fourth-order valence-corrected chi connectivity index (χ4v) is 2.06. The fraction of sp³-hybridized carbons (Fsp3) is 0.846. The van der Waals surface area contributed by atoms with E-state index in [1.165, 1.54) is 0 Å². The molecule has 0 saturated carbocycles. The second-order valence-corrected chi connectivity index (χ2v) is 4.87. The average Bonchev–Trinajstić information content (AvgIpc) is 2.45. The van der Waals surface area contributed by atoms with Gasteiger partial charge < -0.3 is 21.1 Å². The predicted molar refractivity (Wildman–Crippen MR) is 79.7 cm³/mol. The summed E-state index contributed by atoms with van der Waals surface area (Å²) < 4.78 is 5.24. The van der Waals surface area contributed by atoms with Gasteiger partial charge >= 0.3 is 0 Å². The van der Waals surface area contributed by atoms with Gasteiger partial charge in [0.1, 0.15) is 0 Å². The summed E-state index contributed by atoms with van der Waals surface area (Å²) in [5.74, 6) is -0.0281. The standard InChI is InChI=1S/C13H25N3O3.ClH/c1-2-6-15-11(17)3-7-16-13(18)12(14)10-4-8-19-9-5-10;/h10,12H,2-9,14H2,1H3,(H,15,17)(H,16,18);1H. The molecular formula is C13H26ClN3O3. The van der Waals surface area contributed by atoms with Gasteiger partial charge in [-0.05, 0) is 25.2 Å². The van der Waals surface area contributed by atoms with Crippen molar-refractivity contribution >= 4 is 24.2 Å². The maximum Gasteiger partial charge on any atom is 0.237 e. The molecule has 1 fully saturated rings. The lowest BCUT2D eigenvalue weighted by Gasteiger charge is -2.26. The van der Waals surface area contributed by atoms with Crippen LogP contribution in [0.2, 0.25) is 0 Å². The first-order chi connectivity index (χ1) is 9.15. The minimum atomic E-state index is -0.498. The molecule has 0 aromatic rings. The molecule has 1 heterocycles. The molecule has 0 bridgehead atoms. The molecule has 2 amide bonds. The van der Waals surface area contributed by atoms with Gasteiger partial charge in [-0.3, -0.25) is 9.59 Å². The SMILES string of the molecule is CCCNC(=O)CCNC(=O)C(N)C1CCOCC1.Cl. The highest BCUT2D eigenvalue weighted by molar-refractivity contribution is 5.85. The Morgan fingerprint density at radius 2 is 1.90 bits per heavy atom. The maximum absolute atomic E-state index is 11.8. The van der Waals surface area contributed by atoms with Gasteiger partial charge in [0.2, 0.25) is 11.8 Å². The Labute approximate surface area is 126 Å². The zero-order valence-corrected chi connectivity index (χ0v) is 12.8. The molecule has 1 unspecified atom stereocenters. The van der Waals surface area contributed by atoms with E-state index in [9.17, 15) is 9.59 Å². The Bertz CT molecular complexity index is 297. The maximum atomic E-state index is 11.8. The van der Waals surface area contributed by atoms with Gasteiger partial charge in [0, 0.05) is 32.7 Å². The van der Waals surface area contributed by atoms with Crippen LogP contribution in [0, 0.1) is 5.92 Å². The Hall–Kier alpha value is -0.850. The molecule has 1 aliphatic heterocycles. The number of nitrogens with one attached hydrogen (secondary N) is 2. The summed E-state index contributed by atoms with van der Waals surface area (Å²) in [5.41, 5.74) is 5.92. The first kappa shape index (κ1) is 19.1. The summed E-state index contributed by atoms with van der Waals surface area (Å²) in [7, 11) is 0. The Morgan fingerprint density at radius 3 is 2.50 bits per heavy atom. The predicted octanol–water partition coefficient (Wildman–Crippen LogP) is 0.195. The summed E-state index contributed by atoms with van der Waals surface area (Å²) in [6.45, 7) is 4.35. The van der Waals surface area contributed by atoms with Crippen molar-refractivity contribution < 1.29 is 14.3 Å². The van der Waals surface area contributed by atoms with E-state index in [1.54, 1.807) is 0 Å². The van der Waals surface area contributed by atoms with Crippen molar-refractivity contribution in [2.75, 3.05) is 26.3 Å². The molecule has 1 rings (SSSR count). The zero-order chi connectivity index (χ0) is 14.1. The molecule has 6 nitrogen and oxygen atoms in total. The zero-order valence-electron chi connectivity index (χ0n) is 12.0. The monoisotopic (exact) mass is 307 g/mol. The molecule has 0 aromatic carbocycles. The molecule has 0 aliphatic carbocycles. The van der Waals surface area contributed by atoms with E-state index in [0.29, 0.717) is 32.7 Å². The van der Waals surface area contributed by atoms with Crippen LogP contribution in [0.4, 0.5) is 0 Å². The number of hydrogen-bond acceptors (Lipinski definition) is 4. The van der Waals surface area contributed by atoms with Gasteiger partial charge in [-0.2, -0.15) is 0 Å². The third-order valence-corrected chi connectivity index (χ3v) is 3.30. The van der Waals surface area contributed by atoms with Crippen molar-refractivity contribution in [1.29, 1.82) is 0 Å². The number of halogens is 1. The minimum Gasteiger partial charge on any atom is -0.381 e. The molecule has 1 aliphatic rings. The van der Waals surface area contributed by atoms with Crippen molar-refractivity contribution in [2.45, 2.75) is 38.6 Å². The normalized spacial score (nSPS) is 16.9. The highest BCUT2D eigenvalue weighted by Gasteiger charge is 2.26. The van der Waals surface area contributed by atoms with E-state index in [0.717, 1.165) is 19.3 Å². The molecule has 1 atom stereocenters. The van der Waals surface area contributed by atoms with Gasteiger partial charge in [-0.15, -0.1) is 12.4 Å². The number of ether oxygens (including phenoxy) is 1. The topological polar surface area (TPSA) is 93.5 Å². The van der Waals surface area contributed by atoms with Crippen molar-refractivity contribution in [2.24, 2.45) is 11.7 Å². The van der Waals surface area contributed by atoms with Crippen LogP contribution in [-0.2, 0) is 14.3 Å². The summed E-state index contributed by atoms with van der Waals surface area (Å²) in [5, 5.41) is 5.48. The van der Waals surface area contributed by atoms with Gasteiger partial charge in [0.05, 0.1) is 6.04 Å². The Morgan fingerprint density at radius 1 is 1.25 bits per heavy atom. The number of carbonyl (C=O) groups excluding carboxylic acids is 2. The van der Waals surface area contributed by atoms with Crippen LogP contribution in [0.3, 0.4) is 0 Å². The van der Waals surface area contributed by atoms with Crippen molar-refractivity contribution in [3.63, 3.8) is 0 Å². The Kier molecular flexibility index (Phi) is 10.4. The van der Waals surface area contributed by atoms with Crippen molar-refractivity contribution in [1.82, 2.24) is 10.6 Å². The average molecular weight is 308 g/mol. The lowest BCUT2D eigenvalue weighted by atomic mass is 9.92. The third-order valence-electron chi connectivity index (χ3n) is 3.30. The fourth-order valence-electron chi connectivity index (χ4n) is 2.06. The number of amides is 2. The quantitative estimate of drug-likeness (QED) is 0.626. The summed E-state index contributed by atoms with van der Waals surface area (Å²) in [6.07, 6.45) is 2.86. The summed E-state index contributed by atoms with van der Waals surface area (Å²) >= 11 is 0. The molecule has 0 aromatic heterocycles. The second kappa shape index (κ2) is 10.9. The third kappa shape index (κ3) is 7.07. The lowest BCUT2D eigenvalue weighted by molar-refractivity contribution is -0.124. The summed E-state index contributed by atoms with van der Waals surface area (Å²) in [6, 6.07) is -0.498. The van der Waals surface area contributed by atoms with Crippen molar-refractivity contribution in [3.8, 4) is 0 Å². The molecule has 0 spiro atoms. The molecule has 7 heteroatoms. The molecule has 4 N–H and O–H groups in total. The van der Waals surface area contributed by atoms with Crippen LogP contribution in [0.5, 0.6) is 0 Å². The van der Waals surface area contributed by atoms with Crippen LogP contribution in [0.1, 0.15) is 32.6 Å². The van der Waals surface area contributed by atoms with E-state index < -0.39 is 6.04 Å². The van der Waals surface area contributed by atoms with Gasteiger partial charge in [0.15, 0.2) is 0 Å². The summed E-state index contributed by atoms with van der Waals surface area (Å²) in [4.78, 5) is 23.2. The van der Waals surface area contributed by atoms with E-state index in [-0.39, 0.29) is 30.1 Å². The highest BCUT2D eigenvalue weighted by atomic mass is 35.5. The van der Waals surface area contributed by atoms with E-state index in [1.807, 2.05) is 6.92 Å². The van der Waals surface area contributed by atoms with Gasteiger partial charge in [0.25, 0.3) is 0 Å². The van der Waals surface area contributed by atoms with Gasteiger partial charge in [-0.25, -0.2) is 0 Å². The number of rotatable bonds is 7. The van der Waals surface area contributed by atoms with E-state index in [2.05, 4.69) is 10.6 Å².